The van der Waals surface area contributed by atoms with Gasteiger partial charge >= 0.3 is 11.9 Å². The Balaban J connectivity index is 0.000000238. The van der Waals surface area contributed by atoms with E-state index in [1.165, 1.54) is 30.7 Å². The van der Waals surface area contributed by atoms with Crippen LogP contribution in [-0.2, 0) is 6.42 Å². The monoisotopic (exact) mass is 316 g/mol. The molecule has 0 saturated heterocycles. The van der Waals surface area contributed by atoms with Crippen molar-refractivity contribution in [2.75, 3.05) is 6.61 Å². The Morgan fingerprint density at radius 1 is 0.870 bits per heavy atom. The summed E-state index contributed by atoms with van der Waals surface area (Å²) in [6.45, 7) is 1.77. The van der Waals surface area contributed by atoms with E-state index < -0.39 is 11.9 Å². The van der Waals surface area contributed by atoms with E-state index in [0.717, 1.165) is 12.8 Å². The van der Waals surface area contributed by atoms with Crippen molar-refractivity contribution < 1.29 is 24.9 Å². The molecule has 23 heavy (non-hydrogen) atoms. The minimum Gasteiger partial charge on any atom is -0.478 e. The highest BCUT2D eigenvalue weighted by Gasteiger charge is 2.13. The van der Waals surface area contributed by atoms with Crippen molar-refractivity contribution in [2.45, 2.75) is 19.8 Å². The van der Waals surface area contributed by atoms with E-state index in [0.29, 0.717) is 0 Å². The maximum absolute atomic E-state index is 10.6. The Hall–Kier alpha value is -2.66. The van der Waals surface area contributed by atoms with Crippen LogP contribution in [0.4, 0.5) is 0 Å². The zero-order chi connectivity index (χ0) is 17.2. The first-order chi connectivity index (χ1) is 11.0. The Labute approximate surface area is 134 Å². The van der Waals surface area contributed by atoms with Gasteiger partial charge in [0.05, 0.1) is 11.1 Å². The summed E-state index contributed by atoms with van der Waals surface area (Å²) < 4.78 is 0. The molecule has 2 rings (SSSR count). The van der Waals surface area contributed by atoms with E-state index in [4.69, 9.17) is 15.3 Å². The number of carboxylic acid groups (broad SMARTS) is 2. The van der Waals surface area contributed by atoms with Crippen LogP contribution in [0.15, 0.2) is 48.5 Å². The first kappa shape index (κ1) is 18.4. The van der Waals surface area contributed by atoms with Crippen molar-refractivity contribution in [3.05, 3.63) is 70.8 Å². The molecule has 0 radical (unpaired) electrons. The molecular formula is C18H20O5. The molecule has 0 aliphatic rings. The number of aryl methyl sites for hydroxylation is 1. The summed E-state index contributed by atoms with van der Waals surface area (Å²) in [6.07, 6.45) is 1.85. The summed E-state index contributed by atoms with van der Waals surface area (Å²) >= 11 is 0. The second-order valence-electron chi connectivity index (χ2n) is 4.90. The number of aliphatic hydroxyl groups excluding tert-OH is 1. The number of aliphatic hydroxyl groups is 1. The van der Waals surface area contributed by atoms with Gasteiger partial charge in [0, 0.05) is 6.61 Å². The van der Waals surface area contributed by atoms with Crippen LogP contribution in [0.2, 0.25) is 0 Å². The van der Waals surface area contributed by atoms with Crippen molar-refractivity contribution in [2.24, 2.45) is 0 Å². The number of aromatic carboxylic acids is 2. The minimum absolute atomic E-state index is 0.0277. The molecule has 0 fully saturated rings. The molecule has 0 amide bonds. The van der Waals surface area contributed by atoms with Gasteiger partial charge in [-0.25, -0.2) is 9.59 Å². The lowest BCUT2D eigenvalue weighted by atomic mass is 10.0. The van der Waals surface area contributed by atoms with Crippen LogP contribution in [0.5, 0.6) is 0 Å². The van der Waals surface area contributed by atoms with Gasteiger partial charge in [-0.05, 0) is 43.0 Å². The topological polar surface area (TPSA) is 94.8 Å². The van der Waals surface area contributed by atoms with E-state index in [1.807, 2.05) is 18.2 Å². The molecular weight excluding hydrogens is 296 g/mol. The van der Waals surface area contributed by atoms with Gasteiger partial charge in [0.25, 0.3) is 0 Å². The number of benzene rings is 2. The number of carbonyl (C=O) groups is 2. The molecule has 0 heterocycles. The van der Waals surface area contributed by atoms with Gasteiger partial charge in [-0.2, -0.15) is 0 Å². The lowest BCUT2D eigenvalue weighted by Crippen LogP contribution is -2.06. The molecule has 5 heteroatoms. The van der Waals surface area contributed by atoms with E-state index in [9.17, 15) is 9.59 Å². The molecule has 0 spiro atoms. The summed E-state index contributed by atoms with van der Waals surface area (Å²) in [7, 11) is 0. The second kappa shape index (κ2) is 9.38. The highest BCUT2D eigenvalue weighted by Crippen LogP contribution is 2.13. The Morgan fingerprint density at radius 2 is 1.39 bits per heavy atom. The Kier molecular flexibility index (Phi) is 7.50. The summed E-state index contributed by atoms with van der Waals surface area (Å²) in [5.41, 5.74) is 1.64. The molecule has 0 unspecified atom stereocenters. The summed E-state index contributed by atoms with van der Waals surface area (Å²) in [5, 5.41) is 25.9. The van der Waals surface area contributed by atoms with Gasteiger partial charge < -0.3 is 15.3 Å². The molecule has 122 valence electrons. The van der Waals surface area contributed by atoms with Gasteiger partial charge in [0.1, 0.15) is 0 Å². The van der Waals surface area contributed by atoms with Crippen LogP contribution in [0.3, 0.4) is 0 Å². The smallest absolute Gasteiger partial charge is 0.335 e. The normalized spacial score (nSPS) is 9.65. The van der Waals surface area contributed by atoms with Crippen molar-refractivity contribution in [1.29, 1.82) is 0 Å². The fourth-order valence-electron chi connectivity index (χ4n) is 2.03. The predicted octanol–water partition coefficient (Wildman–Crippen LogP) is 3.00. The summed E-state index contributed by atoms with van der Waals surface area (Å²) in [5.74, 6) is -2.22. The number of carboxylic acids is 2. The second-order valence-corrected chi connectivity index (χ2v) is 4.90. The third-order valence-corrected chi connectivity index (χ3v) is 3.26. The fourth-order valence-corrected chi connectivity index (χ4v) is 2.03. The number of rotatable bonds is 5. The first-order valence-electron chi connectivity index (χ1n) is 7.18. The van der Waals surface area contributed by atoms with Gasteiger partial charge in [-0.15, -0.1) is 0 Å². The van der Waals surface area contributed by atoms with Crippen LogP contribution in [-0.4, -0.2) is 33.9 Å². The quantitative estimate of drug-likeness (QED) is 0.788. The van der Waals surface area contributed by atoms with Crippen molar-refractivity contribution in [1.82, 2.24) is 0 Å². The molecule has 0 aromatic heterocycles. The van der Waals surface area contributed by atoms with E-state index >= 15 is 0 Å². The molecule has 0 saturated carbocycles. The van der Waals surface area contributed by atoms with E-state index in [-0.39, 0.29) is 23.3 Å². The molecule has 3 N–H and O–H groups in total. The summed E-state index contributed by atoms with van der Waals surface area (Å²) in [4.78, 5) is 21.2. The van der Waals surface area contributed by atoms with Crippen LogP contribution < -0.4 is 0 Å². The highest BCUT2D eigenvalue weighted by molar-refractivity contribution is 5.96. The van der Waals surface area contributed by atoms with Gasteiger partial charge in [-0.1, -0.05) is 36.4 Å². The average molecular weight is 316 g/mol. The summed E-state index contributed by atoms with van der Waals surface area (Å²) in [6, 6.07) is 14.4. The third-order valence-electron chi connectivity index (χ3n) is 3.26. The standard InChI is InChI=1S/C9H8O4.C9H12O/c1-5-6(8(10)11)3-2-4-7(5)9(12)13;10-8-4-7-9-5-2-1-3-6-9/h2-4H,1H3,(H,10,11)(H,12,13);1-3,5-6,10H,4,7-8H2. The number of hydrogen-bond donors (Lipinski definition) is 3. The largest absolute Gasteiger partial charge is 0.478 e. The molecule has 0 atom stereocenters. The van der Waals surface area contributed by atoms with E-state index in [1.54, 1.807) is 0 Å². The van der Waals surface area contributed by atoms with Crippen LogP contribution in [0, 0.1) is 6.92 Å². The SMILES string of the molecule is Cc1c(C(=O)O)cccc1C(=O)O.OCCCc1ccccc1. The third kappa shape index (κ3) is 5.92. The fraction of sp³-hybridized carbons (Fsp3) is 0.222. The zero-order valence-electron chi connectivity index (χ0n) is 12.9. The lowest BCUT2D eigenvalue weighted by molar-refractivity contribution is 0.0696. The highest BCUT2D eigenvalue weighted by atomic mass is 16.4. The average Bonchev–Trinajstić information content (AvgIpc) is 2.54. The molecule has 0 aliphatic carbocycles. The lowest BCUT2D eigenvalue weighted by Gasteiger charge is -2.03. The van der Waals surface area contributed by atoms with E-state index in [2.05, 4.69) is 12.1 Å². The van der Waals surface area contributed by atoms with Gasteiger partial charge in [-0.3, -0.25) is 0 Å². The Morgan fingerprint density at radius 3 is 1.83 bits per heavy atom. The zero-order valence-corrected chi connectivity index (χ0v) is 12.9. The molecule has 5 nitrogen and oxygen atoms in total. The van der Waals surface area contributed by atoms with Crippen LogP contribution in [0.25, 0.3) is 0 Å². The molecule has 2 aromatic rings. The molecule has 0 aliphatic heterocycles. The first-order valence-corrected chi connectivity index (χ1v) is 7.18. The van der Waals surface area contributed by atoms with Gasteiger partial charge in [0.2, 0.25) is 0 Å². The minimum atomic E-state index is -1.11. The maximum atomic E-state index is 10.6. The maximum Gasteiger partial charge on any atom is 0.335 e. The Bertz CT molecular complexity index is 617. The molecule has 2 aromatic carbocycles. The van der Waals surface area contributed by atoms with Crippen LogP contribution >= 0.6 is 0 Å². The molecule has 0 bridgehead atoms. The number of hydrogen-bond acceptors (Lipinski definition) is 3. The van der Waals surface area contributed by atoms with Crippen molar-refractivity contribution in [3.8, 4) is 0 Å². The van der Waals surface area contributed by atoms with Crippen molar-refractivity contribution >= 4 is 11.9 Å². The predicted molar refractivity (Wildman–Crippen MR) is 86.9 cm³/mol. The van der Waals surface area contributed by atoms with Crippen LogP contribution in [0.1, 0.15) is 38.3 Å². The van der Waals surface area contributed by atoms with Crippen molar-refractivity contribution in [3.63, 3.8) is 0 Å². The van der Waals surface area contributed by atoms with Gasteiger partial charge in [0.15, 0.2) is 0 Å².